The Bertz CT molecular complexity index is 832. The Hall–Kier alpha value is -2.50. The number of nitrogens with zero attached hydrogens (tertiary/aromatic N) is 3. The molecule has 0 bridgehead atoms. The Morgan fingerprint density at radius 1 is 1.14 bits per heavy atom. The van der Waals surface area contributed by atoms with Crippen molar-refractivity contribution in [1.82, 2.24) is 20.4 Å². The maximum atomic E-state index is 5.35. The monoisotopic (exact) mass is 397 g/mol. The second-order valence-electron chi connectivity index (χ2n) is 8.12. The van der Waals surface area contributed by atoms with Gasteiger partial charge in [0.25, 0.3) is 0 Å². The van der Waals surface area contributed by atoms with Crippen LogP contribution in [0.1, 0.15) is 54.6 Å². The van der Waals surface area contributed by atoms with Crippen LogP contribution in [0.4, 0.5) is 0 Å². The lowest BCUT2D eigenvalue weighted by Gasteiger charge is -2.38. The molecule has 0 amide bonds. The lowest BCUT2D eigenvalue weighted by molar-refractivity contribution is 0.291. The van der Waals surface area contributed by atoms with Gasteiger partial charge in [-0.05, 0) is 44.4 Å². The molecule has 1 heterocycles. The molecule has 6 nitrogen and oxygen atoms in total. The number of ether oxygens (including phenoxy) is 1. The number of nitrogens with one attached hydrogen (secondary N) is 2. The van der Waals surface area contributed by atoms with Crippen molar-refractivity contribution >= 4 is 5.96 Å². The van der Waals surface area contributed by atoms with Gasteiger partial charge in [-0.1, -0.05) is 31.4 Å². The van der Waals surface area contributed by atoms with E-state index in [2.05, 4.69) is 58.8 Å². The van der Waals surface area contributed by atoms with E-state index in [1.807, 2.05) is 18.8 Å². The van der Waals surface area contributed by atoms with Crippen molar-refractivity contribution < 1.29 is 4.74 Å². The van der Waals surface area contributed by atoms with Crippen LogP contribution >= 0.6 is 0 Å². The Morgan fingerprint density at radius 3 is 2.38 bits per heavy atom. The first-order valence-electron chi connectivity index (χ1n) is 10.6. The van der Waals surface area contributed by atoms with Crippen LogP contribution < -0.4 is 15.4 Å². The van der Waals surface area contributed by atoms with Gasteiger partial charge in [0.05, 0.1) is 12.8 Å². The molecule has 0 atom stereocenters. The Kier molecular flexibility index (Phi) is 6.83. The molecular formula is C23H35N5O. The molecule has 1 aromatic heterocycles. The molecule has 1 aliphatic carbocycles. The van der Waals surface area contributed by atoms with Gasteiger partial charge in [-0.25, -0.2) is 0 Å². The lowest BCUT2D eigenvalue weighted by atomic mass is 9.69. The molecule has 2 N–H and O–H groups in total. The third-order valence-corrected chi connectivity index (χ3v) is 6.42. The van der Waals surface area contributed by atoms with Gasteiger partial charge in [-0.3, -0.25) is 9.67 Å². The molecule has 3 rings (SSSR count). The molecule has 1 fully saturated rings. The van der Waals surface area contributed by atoms with Gasteiger partial charge in [-0.2, -0.15) is 5.10 Å². The molecule has 1 saturated carbocycles. The predicted molar refractivity (Wildman–Crippen MR) is 119 cm³/mol. The number of rotatable bonds is 6. The number of methoxy groups -OCH3 is 1. The average Bonchev–Trinajstić information content (AvgIpc) is 3.00. The highest BCUT2D eigenvalue weighted by Gasteiger charge is 2.34. The van der Waals surface area contributed by atoms with E-state index in [0.717, 1.165) is 30.5 Å². The molecule has 0 unspecified atom stereocenters. The number of hydrogen-bond donors (Lipinski definition) is 2. The zero-order valence-corrected chi connectivity index (χ0v) is 18.5. The van der Waals surface area contributed by atoms with Crippen molar-refractivity contribution in [1.29, 1.82) is 0 Å². The molecule has 0 aliphatic heterocycles. The first-order chi connectivity index (χ1) is 14.0. The third kappa shape index (κ3) is 4.74. The molecule has 29 heavy (non-hydrogen) atoms. The highest BCUT2D eigenvalue weighted by Crippen LogP contribution is 2.39. The van der Waals surface area contributed by atoms with Crippen LogP contribution in [0.5, 0.6) is 5.75 Å². The van der Waals surface area contributed by atoms with Crippen LogP contribution in [0.3, 0.4) is 0 Å². The maximum Gasteiger partial charge on any atom is 0.191 e. The van der Waals surface area contributed by atoms with Gasteiger partial charge in [0.2, 0.25) is 0 Å². The van der Waals surface area contributed by atoms with Crippen molar-refractivity contribution in [3.63, 3.8) is 0 Å². The summed E-state index contributed by atoms with van der Waals surface area (Å²) in [5, 5.41) is 11.6. The zero-order chi connectivity index (χ0) is 20.9. The van der Waals surface area contributed by atoms with E-state index in [0.29, 0.717) is 0 Å². The largest absolute Gasteiger partial charge is 0.497 e. The van der Waals surface area contributed by atoms with Crippen LogP contribution in [-0.2, 0) is 19.0 Å². The fourth-order valence-electron chi connectivity index (χ4n) is 4.46. The van der Waals surface area contributed by atoms with E-state index < -0.39 is 0 Å². The topological polar surface area (TPSA) is 63.5 Å². The quantitative estimate of drug-likeness (QED) is 0.577. The van der Waals surface area contributed by atoms with Gasteiger partial charge in [0.15, 0.2) is 5.96 Å². The van der Waals surface area contributed by atoms with Crippen LogP contribution in [0.2, 0.25) is 0 Å². The number of guanidine groups is 1. The summed E-state index contributed by atoms with van der Waals surface area (Å²) in [6.45, 7) is 5.76. The molecule has 2 aromatic rings. The molecule has 0 spiro atoms. The number of aromatic nitrogens is 2. The molecule has 0 radical (unpaired) electrons. The van der Waals surface area contributed by atoms with Gasteiger partial charge < -0.3 is 15.4 Å². The molecule has 6 heteroatoms. The molecule has 1 aromatic carbocycles. The first kappa shape index (κ1) is 21.2. The van der Waals surface area contributed by atoms with E-state index in [9.17, 15) is 0 Å². The summed E-state index contributed by atoms with van der Waals surface area (Å²) in [5.41, 5.74) is 5.02. The van der Waals surface area contributed by atoms with Crippen LogP contribution in [0.25, 0.3) is 0 Å². The second-order valence-corrected chi connectivity index (χ2v) is 8.12. The summed E-state index contributed by atoms with van der Waals surface area (Å²) in [5.74, 6) is 1.75. The van der Waals surface area contributed by atoms with Crippen molar-refractivity contribution in [2.75, 3.05) is 20.7 Å². The SMILES string of the molecule is CN=C(NCc1c(C)nn(C)c1C)NCC1(c2ccc(OC)cc2)CCCCC1. The molecule has 0 saturated heterocycles. The smallest absolute Gasteiger partial charge is 0.191 e. The fourth-order valence-corrected chi connectivity index (χ4v) is 4.46. The number of benzene rings is 1. The van der Waals surface area contributed by atoms with Crippen LogP contribution in [0.15, 0.2) is 29.3 Å². The molecular weight excluding hydrogens is 362 g/mol. The van der Waals surface area contributed by atoms with E-state index in [-0.39, 0.29) is 5.41 Å². The van der Waals surface area contributed by atoms with Gasteiger partial charge >= 0.3 is 0 Å². The number of aliphatic imine (C=N–C) groups is 1. The Labute approximate surface area is 174 Å². The average molecular weight is 398 g/mol. The number of hydrogen-bond acceptors (Lipinski definition) is 3. The number of aryl methyl sites for hydroxylation is 2. The highest BCUT2D eigenvalue weighted by atomic mass is 16.5. The van der Waals surface area contributed by atoms with E-state index in [1.165, 1.54) is 48.9 Å². The van der Waals surface area contributed by atoms with Gasteiger partial charge in [0, 0.05) is 43.9 Å². The van der Waals surface area contributed by atoms with E-state index in [4.69, 9.17) is 4.74 Å². The van der Waals surface area contributed by atoms with E-state index >= 15 is 0 Å². The van der Waals surface area contributed by atoms with Crippen molar-refractivity contribution in [2.45, 2.75) is 57.9 Å². The molecule has 1 aliphatic rings. The normalized spacial score (nSPS) is 16.5. The summed E-state index contributed by atoms with van der Waals surface area (Å²) in [7, 11) is 5.54. The van der Waals surface area contributed by atoms with Crippen molar-refractivity contribution in [3.05, 3.63) is 46.8 Å². The van der Waals surface area contributed by atoms with E-state index in [1.54, 1.807) is 7.11 Å². The maximum absolute atomic E-state index is 5.35. The van der Waals surface area contributed by atoms with Crippen LogP contribution in [0, 0.1) is 13.8 Å². The summed E-state index contributed by atoms with van der Waals surface area (Å²) < 4.78 is 7.28. The third-order valence-electron chi connectivity index (χ3n) is 6.42. The Morgan fingerprint density at radius 2 is 1.83 bits per heavy atom. The zero-order valence-electron chi connectivity index (χ0n) is 18.5. The van der Waals surface area contributed by atoms with Crippen LogP contribution in [-0.4, -0.2) is 36.4 Å². The Balaban J connectivity index is 1.69. The minimum absolute atomic E-state index is 0.141. The van der Waals surface area contributed by atoms with Crippen molar-refractivity contribution in [2.24, 2.45) is 12.0 Å². The highest BCUT2D eigenvalue weighted by molar-refractivity contribution is 5.79. The summed E-state index contributed by atoms with van der Waals surface area (Å²) in [6.07, 6.45) is 6.26. The molecule has 158 valence electrons. The summed E-state index contributed by atoms with van der Waals surface area (Å²) in [4.78, 5) is 4.45. The minimum atomic E-state index is 0.141. The first-order valence-corrected chi connectivity index (χ1v) is 10.6. The lowest BCUT2D eigenvalue weighted by Crippen LogP contribution is -2.46. The van der Waals surface area contributed by atoms with Gasteiger partial charge in [0.1, 0.15) is 5.75 Å². The summed E-state index contributed by atoms with van der Waals surface area (Å²) >= 11 is 0. The standard InChI is InChI=1S/C23H35N5O/c1-17-21(18(2)28(4)27-17)15-25-22(24-3)26-16-23(13-7-6-8-14-23)19-9-11-20(29-5)12-10-19/h9-12H,6-8,13-16H2,1-5H3,(H2,24,25,26). The fraction of sp³-hybridized carbons (Fsp3) is 0.565. The van der Waals surface area contributed by atoms with Gasteiger partial charge in [-0.15, -0.1) is 0 Å². The predicted octanol–water partition coefficient (Wildman–Crippen LogP) is 3.61. The summed E-state index contributed by atoms with van der Waals surface area (Å²) in [6, 6.07) is 8.61. The second kappa shape index (κ2) is 9.33. The minimum Gasteiger partial charge on any atom is -0.497 e. The van der Waals surface area contributed by atoms with Crippen molar-refractivity contribution in [3.8, 4) is 5.75 Å².